The first kappa shape index (κ1) is 10.1. The minimum Gasteiger partial charge on any atom is -0.166 e. The smallest absolute Gasteiger partial charge is 0.166 e. The largest absolute Gasteiger partial charge is 0.417 e. The van der Waals surface area contributed by atoms with Gasteiger partial charge >= 0.3 is 6.18 Å². The second kappa shape index (κ2) is 3.83. The molecule has 0 saturated heterocycles. The molecule has 0 aliphatic carbocycles. The van der Waals surface area contributed by atoms with E-state index in [0.29, 0.717) is 5.54 Å². The summed E-state index contributed by atoms with van der Waals surface area (Å²) in [6.07, 6.45) is -4.40. The summed E-state index contributed by atoms with van der Waals surface area (Å²) in [5.74, 6) is 0. The average molecular weight is 207 g/mol. The summed E-state index contributed by atoms with van der Waals surface area (Å²) in [7, 11) is 0. The predicted molar refractivity (Wildman–Crippen MR) is 46.3 cm³/mol. The maximum atomic E-state index is 12.3. The Morgan fingerprint density at radius 1 is 1.15 bits per heavy atom. The van der Waals surface area contributed by atoms with Crippen molar-refractivity contribution in [3.63, 3.8) is 0 Å². The molecule has 4 heteroatoms. The molecule has 0 N–H and O–H groups in total. The molecular formula is C9H6ClF3. The quantitative estimate of drug-likeness (QED) is 0.655. The van der Waals surface area contributed by atoms with Crippen LogP contribution in [0.15, 0.2) is 35.9 Å². The highest BCUT2D eigenvalue weighted by molar-refractivity contribution is 6.28. The molecule has 1 aromatic carbocycles. The van der Waals surface area contributed by atoms with E-state index < -0.39 is 11.7 Å². The van der Waals surface area contributed by atoms with Crippen molar-refractivity contribution in [2.45, 2.75) is 6.18 Å². The van der Waals surface area contributed by atoms with Gasteiger partial charge in [0, 0.05) is 5.54 Å². The molecule has 0 unspecified atom stereocenters. The van der Waals surface area contributed by atoms with Crippen molar-refractivity contribution in [1.82, 2.24) is 0 Å². The van der Waals surface area contributed by atoms with Crippen LogP contribution < -0.4 is 0 Å². The van der Waals surface area contributed by atoms with Gasteiger partial charge < -0.3 is 0 Å². The Hall–Kier alpha value is -0.960. The molecule has 0 nitrogen and oxygen atoms in total. The lowest BCUT2D eigenvalue weighted by Crippen LogP contribution is -2.09. The maximum Gasteiger partial charge on any atom is 0.417 e. The number of benzene rings is 1. The molecule has 0 amide bonds. The van der Waals surface area contributed by atoms with Crippen LogP contribution in [0, 0.1) is 0 Å². The summed E-state index contributed by atoms with van der Waals surface area (Å²) in [6.45, 7) is 0. The summed E-state index contributed by atoms with van der Waals surface area (Å²) < 4.78 is 36.8. The van der Waals surface area contributed by atoms with E-state index in [0.717, 1.165) is 0 Å². The molecule has 0 atom stereocenters. The monoisotopic (exact) mass is 206 g/mol. The SMILES string of the molecule is FC(F)(F)C(=CCl)c1ccccc1. The van der Waals surface area contributed by atoms with Crippen LogP contribution in [0.4, 0.5) is 13.2 Å². The lowest BCUT2D eigenvalue weighted by Gasteiger charge is -2.09. The van der Waals surface area contributed by atoms with Gasteiger partial charge in [-0.2, -0.15) is 13.2 Å². The van der Waals surface area contributed by atoms with Crippen LogP contribution in [-0.4, -0.2) is 6.18 Å². The van der Waals surface area contributed by atoms with E-state index in [2.05, 4.69) is 0 Å². The van der Waals surface area contributed by atoms with Gasteiger partial charge in [0.05, 0.1) is 5.57 Å². The first-order valence-corrected chi connectivity index (χ1v) is 3.92. The summed E-state index contributed by atoms with van der Waals surface area (Å²) in [5.41, 5.74) is -0.199. The fourth-order valence-electron chi connectivity index (χ4n) is 0.906. The molecule has 0 radical (unpaired) electrons. The Labute approximate surface area is 78.6 Å². The van der Waals surface area contributed by atoms with E-state index >= 15 is 0 Å². The minimum atomic E-state index is -4.40. The second-order valence-corrected chi connectivity index (χ2v) is 2.60. The van der Waals surface area contributed by atoms with Gasteiger partial charge in [0.15, 0.2) is 0 Å². The van der Waals surface area contributed by atoms with Crippen LogP contribution in [0.5, 0.6) is 0 Å². The Bertz CT molecular complexity index is 300. The molecule has 0 spiro atoms. The highest BCUT2D eigenvalue weighted by Crippen LogP contribution is 2.33. The second-order valence-electron chi connectivity index (χ2n) is 2.39. The van der Waals surface area contributed by atoms with Crippen molar-refractivity contribution in [3.05, 3.63) is 41.4 Å². The van der Waals surface area contributed by atoms with Gasteiger partial charge in [0.2, 0.25) is 0 Å². The molecule has 0 saturated carbocycles. The van der Waals surface area contributed by atoms with E-state index in [1.54, 1.807) is 6.07 Å². The molecule has 0 aliphatic heterocycles. The lowest BCUT2D eigenvalue weighted by atomic mass is 10.1. The van der Waals surface area contributed by atoms with Crippen LogP contribution in [0.3, 0.4) is 0 Å². The lowest BCUT2D eigenvalue weighted by molar-refractivity contribution is -0.0687. The number of alkyl halides is 3. The zero-order valence-corrected chi connectivity index (χ0v) is 7.23. The third-order valence-electron chi connectivity index (χ3n) is 1.50. The molecule has 1 aromatic rings. The fraction of sp³-hybridized carbons (Fsp3) is 0.111. The van der Waals surface area contributed by atoms with Crippen molar-refractivity contribution < 1.29 is 13.2 Å². The first-order chi connectivity index (χ1) is 6.05. The van der Waals surface area contributed by atoms with Crippen LogP contribution in [0.1, 0.15) is 5.56 Å². The standard InChI is InChI=1S/C9H6ClF3/c10-6-8(9(11,12)13)7-4-2-1-3-5-7/h1-6H. The zero-order chi connectivity index (χ0) is 9.90. The van der Waals surface area contributed by atoms with Crippen molar-refractivity contribution in [2.75, 3.05) is 0 Å². The minimum absolute atomic E-state index is 0.0741. The summed E-state index contributed by atoms with van der Waals surface area (Å²) >= 11 is 5.10. The molecule has 70 valence electrons. The first-order valence-electron chi connectivity index (χ1n) is 3.48. The third kappa shape index (κ3) is 2.49. The Morgan fingerprint density at radius 2 is 1.69 bits per heavy atom. The zero-order valence-electron chi connectivity index (χ0n) is 6.48. The highest BCUT2D eigenvalue weighted by Gasteiger charge is 2.34. The third-order valence-corrected chi connectivity index (χ3v) is 1.72. The predicted octanol–water partition coefficient (Wildman–Crippen LogP) is 3.83. The fourth-order valence-corrected chi connectivity index (χ4v) is 1.16. The molecular weight excluding hydrogens is 201 g/mol. The van der Waals surface area contributed by atoms with Crippen molar-refractivity contribution in [3.8, 4) is 0 Å². The van der Waals surface area contributed by atoms with E-state index in [1.165, 1.54) is 24.3 Å². The average Bonchev–Trinajstić information content (AvgIpc) is 2.05. The Balaban J connectivity index is 3.08. The van der Waals surface area contributed by atoms with Gasteiger partial charge in [-0.15, -0.1) is 0 Å². The Morgan fingerprint density at radius 3 is 2.08 bits per heavy atom. The van der Waals surface area contributed by atoms with E-state index in [9.17, 15) is 13.2 Å². The Kier molecular flexibility index (Phi) is 2.98. The van der Waals surface area contributed by atoms with Crippen LogP contribution in [0.25, 0.3) is 5.57 Å². The number of hydrogen-bond acceptors (Lipinski definition) is 0. The van der Waals surface area contributed by atoms with Crippen molar-refractivity contribution >= 4 is 17.2 Å². The van der Waals surface area contributed by atoms with Crippen molar-refractivity contribution in [1.29, 1.82) is 0 Å². The number of halogens is 4. The molecule has 0 bridgehead atoms. The van der Waals surface area contributed by atoms with Gasteiger partial charge in [0.25, 0.3) is 0 Å². The topological polar surface area (TPSA) is 0 Å². The summed E-state index contributed by atoms with van der Waals surface area (Å²) in [5, 5.41) is 0. The van der Waals surface area contributed by atoms with Gasteiger partial charge in [-0.1, -0.05) is 41.9 Å². The van der Waals surface area contributed by atoms with Gasteiger partial charge in [0.1, 0.15) is 0 Å². The van der Waals surface area contributed by atoms with E-state index in [4.69, 9.17) is 11.6 Å². The molecule has 0 fully saturated rings. The maximum absolute atomic E-state index is 12.3. The van der Waals surface area contributed by atoms with Crippen molar-refractivity contribution in [2.24, 2.45) is 0 Å². The van der Waals surface area contributed by atoms with Gasteiger partial charge in [-0.25, -0.2) is 0 Å². The van der Waals surface area contributed by atoms with Crippen LogP contribution in [0.2, 0.25) is 0 Å². The number of allylic oxidation sites excluding steroid dienone is 1. The molecule has 1 rings (SSSR count). The van der Waals surface area contributed by atoms with E-state index in [1.807, 2.05) is 0 Å². The summed E-state index contributed by atoms with van der Waals surface area (Å²) in [6, 6.07) is 7.43. The highest BCUT2D eigenvalue weighted by atomic mass is 35.5. The van der Waals surface area contributed by atoms with Gasteiger partial charge in [-0.05, 0) is 5.56 Å². The molecule has 0 heterocycles. The van der Waals surface area contributed by atoms with E-state index in [-0.39, 0.29) is 5.56 Å². The van der Waals surface area contributed by atoms with Gasteiger partial charge in [-0.3, -0.25) is 0 Å². The molecule has 0 aliphatic rings. The summed E-state index contributed by atoms with van der Waals surface area (Å²) in [4.78, 5) is 0. The molecule has 0 aromatic heterocycles. The normalized spacial score (nSPS) is 13.1. The van der Waals surface area contributed by atoms with Crippen LogP contribution in [-0.2, 0) is 0 Å². The molecule has 13 heavy (non-hydrogen) atoms. The van der Waals surface area contributed by atoms with Crippen LogP contribution >= 0.6 is 11.6 Å². The number of rotatable bonds is 1. The number of hydrogen-bond donors (Lipinski definition) is 0.